The molecule has 0 bridgehead atoms. The summed E-state index contributed by atoms with van der Waals surface area (Å²) in [7, 11) is 0. The van der Waals surface area contributed by atoms with Crippen LogP contribution in [0, 0.1) is 0 Å². The minimum atomic E-state index is -0.0306. The first-order valence-electron chi connectivity index (χ1n) is 7.74. The molecule has 1 saturated carbocycles. The van der Waals surface area contributed by atoms with E-state index in [0.29, 0.717) is 17.8 Å². The Balaban J connectivity index is 1.45. The van der Waals surface area contributed by atoms with Gasteiger partial charge in [-0.15, -0.1) is 0 Å². The van der Waals surface area contributed by atoms with E-state index >= 15 is 0 Å². The Bertz CT molecular complexity index is 477. The highest BCUT2D eigenvalue weighted by Crippen LogP contribution is 2.34. The molecule has 0 spiro atoms. The number of hydrogen-bond donors (Lipinski definition) is 1. The molecule has 1 aromatic heterocycles. The summed E-state index contributed by atoms with van der Waals surface area (Å²) in [6, 6.07) is 0.886. The molecule has 6 heteroatoms. The summed E-state index contributed by atoms with van der Waals surface area (Å²) in [4.78, 5) is 7.08. The van der Waals surface area contributed by atoms with E-state index in [0.717, 1.165) is 38.3 Å². The number of aromatic nitrogens is 2. The maximum absolute atomic E-state index is 5.95. The lowest BCUT2D eigenvalue weighted by atomic mass is 10.1. The molecule has 0 aromatic carbocycles. The Morgan fingerprint density at radius 2 is 2.20 bits per heavy atom. The van der Waals surface area contributed by atoms with Crippen LogP contribution >= 0.6 is 0 Å². The maximum atomic E-state index is 5.95. The van der Waals surface area contributed by atoms with Gasteiger partial charge in [-0.2, -0.15) is 4.98 Å². The maximum Gasteiger partial charge on any atom is 0.229 e. The van der Waals surface area contributed by atoms with Gasteiger partial charge in [0.25, 0.3) is 0 Å². The Kier molecular flexibility index (Phi) is 3.24. The van der Waals surface area contributed by atoms with Gasteiger partial charge in [0.05, 0.1) is 6.61 Å². The molecule has 2 aliphatic heterocycles. The first kappa shape index (κ1) is 12.7. The zero-order valence-corrected chi connectivity index (χ0v) is 11.7. The summed E-state index contributed by atoms with van der Waals surface area (Å²) in [5.41, 5.74) is 5.95. The highest BCUT2D eigenvalue weighted by Gasteiger charge is 2.36. The van der Waals surface area contributed by atoms with Crippen molar-refractivity contribution in [3.8, 4) is 0 Å². The van der Waals surface area contributed by atoms with Gasteiger partial charge >= 0.3 is 0 Å². The van der Waals surface area contributed by atoms with Crippen molar-refractivity contribution in [3.63, 3.8) is 0 Å². The van der Waals surface area contributed by atoms with Gasteiger partial charge in [-0.3, -0.25) is 4.90 Å². The standard InChI is InChI=1S/C14H22N4O2/c15-10-4-3-9(6-10)14-16-13(17-20-14)12-7-18-5-1-2-11(18)8-19-12/h9-12H,1-8,15H2/t9-,10+,11?,12?/m1/s1. The van der Waals surface area contributed by atoms with E-state index in [9.17, 15) is 0 Å². The van der Waals surface area contributed by atoms with Gasteiger partial charge in [0, 0.05) is 24.5 Å². The summed E-state index contributed by atoms with van der Waals surface area (Å²) in [6.45, 7) is 2.86. The van der Waals surface area contributed by atoms with Gasteiger partial charge in [-0.1, -0.05) is 5.16 Å². The SMILES string of the molecule is N[C@H]1CC[C@@H](c2nc(C3CN4CCCC4CO3)no2)C1. The van der Waals surface area contributed by atoms with Gasteiger partial charge in [0.2, 0.25) is 11.7 Å². The average molecular weight is 278 g/mol. The quantitative estimate of drug-likeness (QED) is 0.876. The van der Waals surface area contributed by atoms with Gasteiger partial charge < -0.3 is 15.0 Å². The summed E-state index contributed by atoms with van der Waals surface area (Å²) < 4.78 is 11.4. The van der Waals surface area contributed by atoms with Crippen LogP contribution in [0.25, 0.3) is 0 Å². The molecule has 1 aliphatic carbocycles. The van der Waals surface area contributed by atoms with Crippen molar-refractivity contribution < 1.29 is 9.26 Å². The first-order chi connectivity index (χ1) is 9.79. The zero-order valence-electron chi connectivity index (χ0n) is 11.7. The molecular weight excluding hydrogens is 256 g/mol. The van der Waals surface area contributed by atoms with Gasteiger partial charge in [0.15, 0.2) is 0 Å². The number of nitrogens with zero attached hydrogens (tertiary/aromatic N) is 3. The first-order valence-corrected chi connectivity index (χ1v) is 7.74. The second-order valence-corrected chi connectivity index (χ2v) is 6.37. The van der Waals surface area contributed by atoms with Crippen LogP contribution in [0.1, 0.15) is 55.8 Å². The lowest BCUT2D eigenvalue weighted by molar-refractivity contribution is -0.0548. The zero-order chi connectivity index (χ0) is 13.5. The monoisotopic (exact) mass is 278 g/mol. The minimum Gasteiger partial charge on any atom is -0.367 e. The van der Waals surface area contributed by atoms with Crippen molar-refractivity contribution >= 4 is 0 Å². The molecule has 110 valence electrons. The second kappa shape index (κ2) is 5.09. The van der Waals surface area contributed by atoms with E-state index in [-0.39, 0.29) is 12.1 Å². The average Bonchev–Trinajstić information content (AvgIpc) is 3.17. The van der Waals surface area contributed by atoms with E-state index < -0.39 is 0 Å². The van der Waals surface area contributed by atoms with Crippen molar-refractivity contribution in [1.29, 1.82) is 0 Å². The molecule has 4 atom stereocenters. The number of fused-ring (bicyclic) bond motifs is 1. The fraction of sp³-hybridized carbons (Fsp3) is 0.857. The number of nitrogens with two attached hydrogens (primary N) is 1. The van der Waals surface area contributed by atoms with E-state index in [1.807, 2.05) is 0 Å². The molecule has 4 rings (SSSR count). The van der Waals surface area contributed by atoms with Crippen molar-refractivity contribution in [3.05, 3.63) is 11.7 Å². The normalized spacial score (nSPS) is 38.2. The number of morpholine rings is 1. The van der Waals surface area contributed by atoms with Crippen LogP contribution < -0.4 is 5.73 Å². The van der Waals surface area contributed by atoms with E-state index in [4.69, 9.17) is 15.0 Å². The number of ether oxygens (including phenoxy) is 1. The summed E-state index contributed by atoms with van der Waals surface area (Å²) in [5.74, 6) is 1.81. The van der Waals surface area contributed by atoms with E-state index in [1.165, 1.54) is 19.4 Å². The van der Waals surface area contributed by atoms with Crippen LogP contribution in [0.15, 0.2) is 4.52 Å². The summed E-state index contributed by atoms with van der Waals surface area (Å²) in [5, 5.41) is 4.15. The third kappa shape index (κ3) is 2.25. The van der Waals surface area contributed by atoms with Crippen LogP contribution in [-0.4, -0.2) is 46.8 Å². The van der Waals surface area contributed by atoms with Crippen molar-refractivity contribution in [2.75, 3.05) is 19.7 Å². The van der Waals surface area contributed by atoms with Gasteiger partial charge in [-0.25, -0.2) is 0 Å². The Morgan fingerprint density at radius 3 is 3.05 bits per heavy atom. The molecule has 2 saturated heterocycles. The Morgan fingerprint density at radius 1 is 1.25 bits per heavy atom. The van der Waals surface area contributed by atoms with Crippen LogP contribution in [0.3, 0.4) is 0 Å². The van der Waals surface area contributed by atoms with Crippen LogP contribution in [0.5, 0.6) is 0 Å². The molecule has 2 unspecified atom stereocenters. The largest absolute Gasteiger partial charge is 0.367 e. The van der Waals surface area contributed by atoms with Crippen molar-refractivity contribution in [2.24, 2.45) is 5.73 Å². The lowest BCUT2D eigenvalue weighted by Crippen LogP contribution is -2.42. The molecule has 0 amide bonds. The van der Waals surface area contributed by atoms with Gasteiger partial charge in [0.1, 0.15) is 6.10 Å². The molecule has 0 radical (unpaired) electrons. The fourth-order valence-corrected chi connectivity index (χ4v) is 3.76. The van der Waals surface area contributed by atoms with Gasteiger partial charge in [-0.05, 0) is 38.6 Å². The van der Waals surface area contributed by atoms with Crippen molar-refractivity contribution in [2.45, 2.75) is 56.2 Å². The van der Waals surface area contributed by atoms with Crippen molar-refractivity contribution in [1.82, 2.24) is 15.0 Å². The molecule has 3 aliphatic rings. The second-order valence-electron chi connectivity index (χ2n) is 6.37. The summed E-state index contributed by atoms with van der Waals surface area (Å²) >= 11 is 0. The smallest absolute Gasteiger partial charge is 0.229 e. The van der Waals surface area contributed by atoms with Crippen LogP contribution in [0.4, 0.5) is 0 Å². The Labute approximate surface area is 118 Å². The van der Waals surface area contributed by atoms with E-state index in [2.05, 4.69) is 15.0 Å². The van der Waals surface area contributed by atoms with Crippen LogP contribution in [-0.2, 0) is 4.74 Å². The molecule has 3 heterocycles. The summed E-state index contributed by atoms with van der Waals surface area (Å²) in [6.07, 6.45) is 5.57. The topological polar surface area (TPSA) is 77.4 Å². The molecule has 6 nitrogen and oxygen atoms in total. The molecule has 2 N–H and O–H groups in total. The van der Waals surface area contributed by atoms with Crippen LogP contribution in [0.2, 0.25) is 0 Å². The molecule has 20 heavy (non-hydrogen) atoms. The fourth-order valence-electron chi connectivity index (χ4n) is 3.76. The predicted molar refractivity (Wildman–Crippen MR) is 72.2 cm³/mol. The molecular formula is C14H22N4O2. The highest BCUT2D eigenvalue weighted by atomic mass is 16.5. The number of hydrogen-bond acceptors (Lipinski definition) is 6. The Hall–Kier alpha value is -0.980. The lowest BCUT2D eigenvalue weighted by Gasteiger charge is -2.33. The van der Waals surface area contributed by atoms with E-state index in [1.54, 1.807) is 0 Å². The predicted octanol–water partition coefficient (Wildman–Crippen LogP) is 1.20. The minimum absolute atomic E-state index is 0.0306. The third-order valence-corrected chi connectivity index (χ3v) is 4.96. The number of rotatable bonds is 2. The highest BCUT2D eigenvalue weighted by molar-refractivity contribution is 5.02. The molecule has 1 aromatic rings. The third-order valence-electron chi connectivity index (χ3n) is 4.96. The molecule has 3 fully saturated rings.